The summed E-state index contributed by atoms with van der Waals surface area (Å²) in [5.41, 5.74) is 2.85. The first-order chi connectivity index (χ1) is 17.6. The molecule has 2 N–H and O–H groups in total. The maximum absolute atomic E-state index is 12.7. The van der Waals surface area contributed by atoms with Gasteiger partial charge in [-0.15, -0.1) is 5.10 Å². The first-order valence-corrected chi connectivity index (χ1v) is 12.3. The second kappa shape index (κ2) is 9.10. The molecule has 2 fully saturated rings. The van der Waals surface area contributed by atoms with Crippen molar-refractivity contribution in [2.75, 3.05) is 30.4 Å². The number of nitrogens with zero attached hydrogens (tertiary/aromatic N) is 5. The van der Waals surface area contributed by atoms with Crippen LogP contribution in [0.5, 0.6) is 5.75 Å². The molecule has 4 heterocycles. The van der Waals surface area contributed by atoms with Crippen LogP contribution in [0.25, 0.3) is 27.9 Å². The fourth-order valence-electron chi connectivity index (χ4n) is 4.93. The second-order valence-corrected chi connectivity index (χ2v) is 9.14. The molecule has 0 bridgehead atoms. The lowest BCUT2D eigenvalue weighted by molar-refractivity contribution is -0.121. The average molecular weight is 486 g/mol. The molecule has 0 radical (unpaired) electrons. The van der Waals surface area contributed by atoms with Gasteiger partial charge in [0.15, 0.2) is 11.5 Å². The Bertz CT molecular complexity index is 1460. The Labute approximate surface area is 207 Å². The Morgan fingerprint density at radius 3 is 2.69 bits per heavy atom. The number of benzene rings is 2. The van der Waals surface area contributed by atoms with E-state index in [2.05, 4.69) is 10.6 Å². The van der Waals surface area contributed by atoms with Gasteiger partial charge in [-0.05, 0) is 62.1 Å². The van der Waals surface area contributed by atoms with Crippen LogP contribution in [0.15, 0.2) is 42.5 Å². The Kier molecular flexibility index (Phi) is 5.63. The van der Waals surface area contributed by atoms with Crippen molar-refractivity contribution in [2.45, 2.75) is 38.1 Å². The van der Waals surface area contributed by atoms with E-state index in [0.717, 1.165) is 41.6 Å². The van der Waals surface area contributed by atoms with E-state index in [9.17, 15) is 9.59 Å². The third-order valence-electron chi connectivity index (χ3n) is 6.83. The van der Waals surface area contributed by atoms with Gasteiger partial charge in [0.1, 0.15) is 17.3 Å². The number of aromatic nitrogens is 4. The van der Waals surface area contributed by atoms with Crippen LogP contribution in [-0.4, -0.2) is 57.6 Å². The van der Waals surface area contributed by atoms with Gasteiger partial charge >= 0.3 is 0 Å². The summed E-state index contributed by atoms with van der Waals surface area (Å²) >= 11 is 0. The number of anilines is 2. The van der Waals surface area contributed by atoms with E-state index < -0.39 is 6.04 Å². The maximum Gasteiger partial charge on any atom is 0.242 e. The molecule has 2 saturated heterocycles. The number of carbonyl (C=O) groups excluding carboxylic acids is 2. The van der Waals surface area contributed by atoms with Crippen LogP contribution in [0.2, 0.25) is 0 Å². The molecule has 1 atom stereocenters. The number of hydrogen-bond donors (Lipinski definition) is 2. The standard InChI is InChI=1S/C26H27N7O3/c1-36-17-12-10-16(11-13-17)23-30-24-18-6-4-8-20(32-15-5-9-21(32)34)22(18)29-26(33(24)31-23)28-19-7-2-3-14-27-25(19)35/h4,6,8,10-13,19H,2-3,5,7,9,14-15H2,1H3,(H,27,35)(H,28,29)/t19-/m1/s1. The van der Waals surface area contributed by atoms with Gasteiger partial charge in [0.05, 0.1) is 12.8 Å². The van der Waals surface area contributed by atoms with Crippen LogP contribution in [0.3, 0.4) is 0 Å². The number of nitrogens with one attached hydrogen (secondary N) is 2. The lowest BCUT2D eigenvalue weighted by atomic mass is 10.1. The number of fused-ring (bicyclic) bond motifs is 3. The average Bonchev–Trinajstić information content (AvgIpc) is 3.49. The molecule has 0 unspecified atom stereocenters. The Morgan fingerprint density at radius 1 is 1.06 bits per heavy atom. The van der Waals surface area contributed by atoms with Crippen molar-refractivity contribution in [2.24, 2.45) is 0 Å². The van der Waals surface area contributed by atoms with E-state index in [1.54, 1.807) is 16.5 Å². The molecule has 10 heteroatoms. The minimum absolute atomic E-state index is 0.0546. The third-order valence-corrected chi connectivity index (χ3v) is 6.83. The Morgan fingerprint density at radius 2 is 1.92 bits per heavy atom. The molecule has 0 spiro atoms. The van der Waals surface area contributed by atoms with E-state index in [0.29, 0.717) is 48.9 Å². The summed E-state index contributed by atoms with van der Waals surface area (Å²) < 4.78 is 6.94. The van der Waals surface area contributed by atoms with Crippen molar-refractivity contribution in [3.8, 4) is 17.1 Å². The van der Waals surface area contributed by atoms with Crippen LogP contribution >= 0.6 is 0 Å². The van der Waals surface area contributed by atoms with Crippen molar-refractivity contribution in [3.63, 3.8) is 0 Å². The lowest BCUT2D eigenvalue weighted by Gasteiger charge is -2.20. The minimum Gasteiger partial charge on any atom is -0.497 e. The molecule has 2 aliphatic heterocycles. The molecule has 4 aromatic rings. The molecule has 184 valence electrons. The highest BCUT2D eigenvalue weighted by atomic mass is 16.5. The number of carbonyl (C=O) groups is 2. The predicted octanol–water partition coefficient (Wildman–Crippen LogP) is 3.16. The van der Waals surface area contributed by atoms with Gasteiger partial charge in [0.25, 0.3) is 0 Å². The summed E-state index contributed by atoms with van der Waals surface area (Å²) in [7, 11) is 1.63. The van der Waals surface area contributed by atoms with Gasteiger partial charge in [-0.1, -0.05) is 6.07 Å². The highest BCUT2D eigenvalue weighted by molar-refractivity contribution is 6.07. The number of rotatable bonds is 5. The fourth-order valence-corrected chi connectivity index (χ4v) is 4.93. The monoisotopic (exact) mass is 485 g/mol. The first kappa shape index (κ1) is 22.3. The van der Waals surface area contributed by atoms with Crippen molar-refractivity contribution < 1.29 is 14.3 Å². The minimum atomic E-state index is -0.435. The zero-order valence-electron chi connectivity index (χ0n) is 20.0. The van der Waals surface area contributed by atoms with Crippen LogP contribution < -0.4 is 20.3 Å². The van der Waals surface area contributed by atoms with E-state index >= 15 is 0 Å². The maximum atomic E-state index is 12.7. The van der Waals surface area contributed by atoms with Gasteiger partial charge in [-0.3, -0.25) is 9.59 Å². The largest absolute Gasteiger partial charge is 0.497 e. The molecule has 0 saturated carbocycles. The van der Waals surface area contributed by atoms with Crippen LogP contribution in [0.4, 0.5) is 11.6 Å². The van der Waals surface area contributed by atoms with E-state index in [-0.39, 0.29) is 11.8 Å². The molecular formula is C26H27N7O3. The molecule has 10 nitrogen and oxygen atoms in total. The smallest absolute Gasteiger partial charge is 0.242 e. The Balaban J connectivity index is 1.53. The number of hydrogen-bond acceptors (Lipinski definition) is 7. The zero-order chi connectivity index (χ0) is 24.6. The normalized spacial score (nSPS) is 18.5. The lowest BCUT2D eigenvalue weighted by Crippen LogP contribution is -2.38. The molecule has 6 rings (SSSR count). The highest BCUT2D eigenvalue weighted by Gasteiger charge is 2.27. The molecule has 0 aliphatic carbocycles. The summed E-state index contributed by atoms with van der Waals surface area (Å²) in [4.78, 5) is 36.9. The van der Waals surface area contributed by atoms with Gasteiger partial charge in [-0.2, -0.15) is 4.52 Å². The summed E-state index contributed by atoms with van der Waals surface area (Å²) in [5, 5.41) is 11.9. The number of ether oxygens (including phenoxy) is 1. The van der Waals surface area contributed by atoms with E-state index in [1.165, 1.54) is 0 Å². The summed E-state index contributed by atoms with van der Waals surface area (Å²) in [6.07, 6.45) is 3.90. The molecule has 2 aromatic heterocycles. The predicted molar refractivity (Wildman–Crippen MR) is 136 cm³/mol. The van der Waals surface area contributed by atoms with Crippen molar-refractivity contribution >= 4 is 40.0 Å². The highest BCUT2D eigenvalue weighted by Crippen LogP contribution is 2.33. The van der Waals surface area contributed by atoms with Crippen LogP contribution in [-0.2, 0) is 9.59 Å². The van der Waals surface area contributed by atoms with Gasteiger partial charge in [-0.25, -0.2) is 9.97 Å². The van der Waals surface area contributed by atoms with E-state index in [4.69, 9.17) is 19.8 Å². The number of methoxy groups -OCH3 is 1. The summed E-state index contributed by atoms with van der Waals surface area (Å²) in [5.74, 6) is 1.73. The third kappa shape index (κ3) is 3.88. The first-order valence-electron chi connectivity index (χ1n) is 12.3. The molecule has 2 aliphatic rings. The van der Waals surface area contributed by atoms with Crippen LogP contribution in [0, 0.1) is 0 Å². The second-order valence-electron chi connectivity index (χ2n) is 9.14. The SMILES string of the molecule is COc1ccc(-c2nc3c4cccc(N5CCCC5=O)c4nc(N[C@@H]4CCCCNC4=O)n3n2)cc1. The molecular weight excluding hydrogens is 458 g/mol. The van der Waals surface area contributed by atoms with E-state index in [1.807, 2.05) is 42.5 Å². The van der Waals surface area contributed by atoms with Gasteiger partial charge in [0.2, 0.25) is 17.8 Å². The molecule has 2 aromatic carbocycles. The van der Waals surface area contributed by atoms with Crippen molar-refractivity contribution in [1.82, 2.24) is 24.9 Å². The fraction of sp³-hybridized carbons (Fsp3) is 0.346. The zero-order valence-corrected chi connectivity index (χ0v) is 20.0. The number of para-hydroxylation sites is 1. The molecule has 36 heavy (non-hydrogen) atoms. The summed E-state index contributed by atoms with van der Waals surface area (Å²) in [6, 6.07) is 12.9. The van der Waals surface area contributed by atoms with Crippen molar-refractivity contribution in [3.05, 3.63) is 42.5 Å². The topological polar surface area (TPSA) is 114 Å². The quantitative estimate of drug-likeness (QED) is 0.446. The summed E-state index contributed by atoms with van der Waals surface area (Å²) in [6.45, 7) is 1.33. The van der Waals surface area contributed by atoms with Crippen molar-refractivity contribution in [1.29, 1.82) is 0 Å². The van der Waals surface area contributed by atoms with Gasteiger partial charge < -0.3 is 20.3 Å². The Hall–Kier alpha value is -4.21. The number of amides is 2. The molecule has 2 amide bonds. The van der Waals surface area contributed by atoms with Gasteiger partial charge in [0, 0.05) is 30.5 Å². The van der Waals surface area contributed by atoms with Crippen LogP contribution in [0.1, 0.15) is 32.1 Å².